The summed E-state index contributed by atoms with van der Waals surface area (Å²) in [6.07, 6.45) is 2.01. The Morgan fingerprint density at radius 3 is 2.65 bits per heavy atom. The molecular formula is C17H19N3O5S. The molecule has 0 fully saturated rings. The van der Waals surface area contributed by atoms with Crippen molar-refractivity contribution in [1.29, 1.82) is 0 Å². The van der Waals surface area contributed by atoms with E-state index < -0.39 is 23.5 Å². The molecule has 1 unspecified atom stereocenters. The lowest BCUT2D eigenvalue weighted by molar-refractivity contribution is -0.142. The predicted octanol–water partition coefficient (Wildman–Crippen LogP) is 0.853. The molecule has 0 aliphatic heterocycles. The number of nitrogens with one attached hydrogen (secondary N) is 2. The highest BCUT2D eigenvalue weighted by Gasteiger charge is 2.23. The number of hydrogen-bond acceptors (Lipinski definition) is 7. The lowest BCUT2D eigenvalue weighted by Gasteiger charge is -2.16. The zero-order chi connectivity index (χ0) is 19.1. The van der Waals surface area contributed by atoms with Gasteiger partial charge in [0.05, 0.1) is 12.9 Å². The lowest BCUT2D eigenvalue weighted by Crippen LogP contribution is -2.43. The molecule has 2 rings (SSSR count). The van der Waals surface area contributed by atoms with E-state index in [4.69, 9.17) is 4.74 Å². The summed E-state index contributed by atoms with van der Waals surface area (Å²) in [7, 11) is 1.22. The van der Waals surface area contributed by atoms with Crippen LogP contribution in [0.3, 0.4) is 0 Å². The Labute approximate surface area is 154 Å². The quantitative estimate of drug-likeness (QED) is 0.612. The number of esters is 1. The van der Waals surface area contributed by atoms with Crippen LogP contribution >= 0.6 is 11.8 Å². The molecule has 9 heteroatoms. The summed E-state index contributed by atoms with van der Waals surface area (Å²) in [5.41, 5.74) is 0.209. The second kappa shape index (κ2) is 9.04. The van der Waals surface area contributed by atoms with Gasteiger partial charge in [-0.2, -0.15) is 11.8 Å². The summed E-state index contributed by atoms with van der Waals surface area (Å²) in [5.74, 6) is -0.345. The van der Waals surface area contributed by atoms with Crippen molar-refractivity contribution in [3.8, 4) is 5.75 Å². The number of nitrogens with zero attached hydrogens (tertiary/aromatic N) is 1. The van der Waals surface area contributed by atoms with Gasteiger partial charge in [0.1, 0.15) is 23.3 Å². The second-order valence-corrected chi connectivity index (χ2v) is 6.30. The van der Waals surface area contributed by atoms with Gasteiger partial charge in [-0.15, -0.1) is 0 Å². The van der Waals surface area contributed by atoms with E-state index in [9.17, 15) is 19.5 Å². The molecule has 1 aromatic heterocycles. The van der Waals surface area contributed by atoms with Crippen molar-refractivity contribution in [3.63, 3.8) is 0 Å². The molecule has 138 valence electrons. The van der Waals surface area contributed by atoms with Crippen LogP contribution in [0.1, 0.15) is 21.9 Å². The number of carbonyl (C=O) groups is 2. The number of hydrogen-bond donors (Lipinski definition) is 3. The topological polar surface area (TPSA) is 121 Å². The lowest BCUT2D eigenvalue weighted by atomic mass is 10.1. The molecule has 1 aromatic carbocycles. The summed E-state index contributed by atoms with van der Waals surface area (Å²) in [6.45, 7) is 0. The fourth-order valence-corrected chi connectivity index (χ4v) is 2.68. The average Bonchev–Trinajstić information content (AvgIpc) is 2.62. The van der Waals surface area contributed by atoms with Crippen molar-refractivity contribution in [3.05, 3.63) is 57.8 Å². The number of H-pyrrole nitrogens is 1. The molecule has 1 atom stereocenters. The smallest absolute Gasteiger partial charge is 0.328 e. The molecule has 0 spiro atoms. The maximum atomic E-state index is 12.4. The fourth-order valence-electron chi connectivity index (χ4n) is 2.26. The zero-order valence-electron chi connectivity index (χ0n) is 14.3. The zero-order valence-corrected chi connectivity index (χ0v) is 15.1. The number of ether oxygens (including phenoxy) is 1. The van der Waals surface area contributed by atoms with Gasteiger partial charge in [0, 0.05) is 12.5 Å². The first kappa shape index (κ1) is 19.5. The van der Waals surface area contributed by atoms with Crippen molar-refractivity contribution in [2.75, 3.05) is 13.4 Å². The second-order valence-electron chi connectivity index (χ2n) is 5.43. The van der Waals surface area contributed by atoms with Gasteiger partial charge >= 0.3 is 5.97 Å². The van der Waals surface area contributed by atoms with Gasteiger partial charge in [-0.1, -0.05) is 12.1 Å². The minimum atomic E-state index is -0.956. The summed E-state index contributed by atoms with van der Waals surface area (Å²) in [5, 5.41) is 11.9. The van der Waals surface area contributed by atoms with Crippen molar-refractivity contribution in [2.24, 2.45) is 0 Å². The van der Waals surface area contributed by atoms with Crippen LogP contribution in [0.5, 0.6) is 5.75 Å². The highest BCUT2D eigenvalue weighted by Crippen LogP contribution is 2.12. The minimum absolute atomic E-state index is 0.0718. The Hall–Kier alpha value is -2.81. The molecule has 1 amide bonds. The van der Waals surface area contributed by atoms with E-state index in [0.29, 0.717) is 11.6 Å². The van der Waals surface area contributed by atoms with Crippen LogP contribution in [0.4, 0.5) is 0 Å². The normalized spacial score (nSPS) is 11.6. The van der Waals surface area contributed by atoms with Gasteiger partial charge < -0.3 is 20.1 Å². The third-order valence-electron chi connectivity index (χ3n) is 3.47. The van der Waals surface area contributed by atoms with Crippen LogP contribution in [0.2, 0.25) is 0 Å². The highest BCUT2D eigenvalue weighted by atomic mass is 32.2. The van der Waals surface area contributed by atoms with Crippen LogP contribution in [0.15, 0.2) is 35.1 Å². The number of aromatic amines is 1. The first-order valence-electron chi connectivity index (χ1n) is 7.68. The highest BCUT2D eigenvalue weighted by molar-refractivity contribution is 7.97. The number of benzene rings is 1. The van der Waals surface area contributed by atoms with Crippen molar-refractivity contribution in [1.82, 2.24) is 15.3 Å². The Morgan fingerprint density at radius 2 is 2.04 bits per heavy atom. The Morgan fingerprint density at radius 1 is 1.35 bits per heavy atom. The van der Waals surface area contributed by atoms with Crippen LogP contribution in [-0.2, 0) is 21.7 Å². The summed E-state index contributed by atoms with van der Waals surface area (Å²) in [6, 6.07) is 6.37. The summed E-state index contributed by atoms with van der Waals surface area (Å²) < 4.78 is 4.74. The third-order valence-corrected chi connectivity index (χ3v) is 4.03. The molecule has 1 heterocycles. The SMILES string of the molecule is COC(=O)C(Cc1ccc(O)cc1)NC(=O)c1cc(=O)[nH]c(CSC)n1. The van der Waals surface area contributed by atoms with Crippen LogP contribution in [-0.4, -0.2) is 46.4 Å². The number of carbonyl (C=O) groups excluding carboxylic acids is 2. The Bertz CT molecular complexity index is 835. The van der Waals surface area contributed by atoms with E-state index in [1.165, 1.54) is 31.0 Å². The van der Waals surface area contributed by atoms with E-state index in [-0.39, 0.29) is 17.9 Å². The first-order valence-corrected chi connectivity index (χ1v) is 9.08. The number of phenolic OH excluding ortho intramolecular Hbond substituents is 1. The van der Waals surface area contributed by atoms with Gasteiger partial charge in [0.2, 0.25) is 0 Å². The maximum absolute atomic E-state index is 12.4. The first-order chi connectivity index (χ1) is 12.4. The average molecular weight is 377 g/mol. The monoisotopic (exact) mass is 377 g/mol. The Balaban J connectivity index is 2.19. The van der Waals surface area contributed by atoms with Crippen molar-refractivity contribution >= 4 is 23.6 Å². The number of aromatic hydroxyl groups is 1. The molecule has 0 bridgehead atoms. The predicted molar refractivity (Wildman–Crippen MR) is 97.2 cm³/mol. The standard InChI is InChI=1S/C17H19N3O5S/c1-25-17(24)13(7-10-3-5-11(21)6-4-10)19-16(23)12-8-15(22)20-14(18-12)9-26-2/h3-6,8,13,21H,7,9H2,1-2H3,(H,19,23)(H,18,20,22). The molecular weight excluding hydrogens is 358 g/mol. The molecule has 0 radical (unpaired) electrons. The number of phenols is 1. The van der Waals surface area contributed by atoms with Gasteiger partial charge in [0.25, 0.3) is 11.5 Å². The van der Waals surface area contributed by atoms with E-state index in [1.54, 1.807) is 12.1 Å². The van der Waals surface area contributed by atoms with E-state index in [1.807, 2.05) is 6.26 Å². The number of methoxy groups -OCH3 is 1. The molecule has 3 N–H and O–H groups in total. The third kappa shape index (κ3) is 5.35. The fraction of sp³-hybridized carbons (Fsp3) is 0.294. The van der Waals surface area contributed by atoms with E-state index in [0.717, 1.165) is 11.6 Å². The minimum Gasteiger partial charge on any atom is -0.508 e. The van der Waals surface area contributed by atoms with Gasteiger partial charge in [-0.3, -0.25) is 9.59 Å². The molecule has 26 heavy (non-hydrogen) atoms. The molecule has 0 aliphatic carbocycles. The summed E-state index contributed by atoms with van der Waals surface area (Å²) >= 11 is 1.45. The largest absolute Gasteiger partial charge is 0.508 e. The molecule has 2 aromatic rings. The number of aromatic nitrogens is 2. The number of rotatable bonds is 7. The molecule has 0 saturated carbocycles. The van der Waals surface area contributed by atoms with Gasteiger partial charge in [-0.25, -0.2) is 9.78 Å². The summed E-state index contributed by atoms with van der Waals surface area (Å²) in [4.78, 5) is 42.8. The van der Waals surface area contributed by atoms with Crippen LogP contribution in [0, 0.1) is 0 Å². The van der Waals surface area contributed by atoms with Crippen LogP contribution in [0.25, 0.3) is 0 Å². The van der Waals surface area contributed by atoms with E-state index >= 15 is 0 Å². The van der Waals surface area contributed by atoms with Crippen LogP contribution < -0.4 is 10.9 Å². The molecule has 8 nitrogen and oxygen atoms in total. The number of thioether (sulfide) groups is 1. The van der Waals surface area contributed by atoms with Gasteiger partial charge in [-0.05, 0) is 24.0 Å². The Kier molecular flexibility index (Phi) is 6.79. The maximum Gasteiger partial charge on any atom is 0.328 e. The van der Waals surface area contributed by atoms with Crippen molar-refractivity contribution < 1.29 is 19.4 Å². The van der Waals surface area contributed by atoms with E-state index in [2.05, 4.69) is 15.3 Å². The number of amides is 1. The van der Waals surface area contributed by atoms with Gasteiger partial charge in [0.15, 0.2) is 0 Å². The molecule has 0 saturated heterocycles. The van der Waals surface area contributed by atoms with Crippen molar-refractivity contribution in [2.45, 2.75) is 18.2 Å². The molecule has 0 aliphatic rings.